The SMILES string of the molecule is Cc1cccc([C@@H](CC(F)F)N2CCNCC2)c1O.Cl. The largest absolute Gasteiger partial charge is 0.507 e. The van der Waals surface area contributed by atoms with Crippen molar-refractivity contribution in [2.24, 2.45) is 0 Å². The number of hydrogen-bond donors (Lipinski definition) is 2. The molecule has 0 bridgehead atoms. The Morgan fingerprint density at radius 3 is 2.55 bits per heavy atom. The fraction of sp³-hybridized carbons (Fsp3) is 0.571. The minimum atomic E-state index is -2.38. The average Bonchev–Trinajstić information content (AvgIpc) is 2.40. The van der Waals surface area contributed by atoms with Gasteiger partial charge in [-0.3, -0.25) is 4.90 Å². The first kappa shape index (κ1) is 17.1. The van der Waals surface area contributed by atoms with Crippen molar-refractivity contribution in [1.82, 2.24) is 10.2 Å². The Labute approximate surface area is 124 Å². The second-order valence-electron chi connectivity index (χ2n) is 4.94. The van der Waals surface area contributed by atoms with Gasteiger partial charge in [-0.25, -0.2) is 8.78 Å². The van der Waals surface area contributed by atoms with E-state index in [-0.39, 0.29) is 24.6 Å². The normalized spacial score (nSPS) is 17.8. The number of aromatic hydroxyl groups is 1. The number of halogens is 3. The first-order chi connectivity index (χ1) is 9.09. The summed E-state index contributed by atoms with van der Waals surface area (Å²) < 4.78 is 25.7. The molecule has 0 aliphatic carbocycles. The van der Waals surface area contributed by atoms with Gasteiger partial charge in [-0.1, -0.05) is 18.2 Å². The Morgan fingerprint density at radius 1 is 1.30 bits per heavy atom. The van der Waals surface area contributed by atoms with E-state index in [1.165, 1.54) is 0 Å². The van der Waals surface area contributed by atoms with Crippen molar-refractivity contribution in [3.05, 3.63) is 29.3 Å². The fourth-order valence-corrected chi connectivity index (χ4v) is 2.59. The molecule has 20 heavy (non-hydrogen) atoms. The number of para-hydroxylation sites is 1. The van der Waals surface area contributed by atoms with Crippen LogP contribution in [0.1, 0.15) is 23.6 Å². The van der Waals surface area contributed by atoms with Gasteiger partial charge in [0.1, 0.15) is 5.75 Å². The van der Waals surface area contributed by atoms with Gasteiger partial charge in [0.2, 0.25) is 6.43 Å². The fourth-order valence-electron chi connectivity index (χ4n) is 2.59. The predicted octanol–water partition coefficient (Wildman–Crippen LogP) is 2.72. The molecule has 1 aromatic carbocycles. The summed E-state index contributed by atoms with van der Waals surface area (Å²) in [5.41, 5.74) is 1.34. The first-order valence-electron chi connectivity index (χ1n) is 6.61. The molecule has 1 fully saturated rings. The summed E-state index contributed by atoms with van der Waals surface area (Å²) in [5.74, 6) is 0.145. The number of phenolic OH excluding ortho intramolecular Hbond substituents is 1. The van der Waals surface area contributed by atoms with Gasteiger partial charge in [-0.2, -0.15) is 0 Å². The highest BCUT2D eigenvalue weighted by Crippen LogP contribution is 2.34. The number of nitrogens with one attached hydrogen (secondary N) is 1. The minimum Gasteiger partial charge on any atom is -0.507 e. The van der Waals surface area contributed by atoms with Gasteiger partial charge in [0.15, 0.2) is 0 Å². The molecular weight excluding hydrogens is 286 g/mol. The second kappa shape index (κ2) is 7.76. The van der Waals surface area contributed by atoms with Crippen LogP contribution in [0, 0.1) is 6.92 Å². The highest BCUT2D eigenvalue weighted by atomic mass is 35.5. The number of alkyl halides is 2. The van der Waals surface area contributed by atoms with Gasteiger partial charge < -0.3 is 10.4 Å². The third-order valence-electron chi connectivity index (χ3n) is 3.62. The molecule has 6 heteroatoms. The van der Waals surface area contributed by atoms with E-state index in [1.54, 1.807) is 19.1 Å². The third-order valence-corrected chi connectivity index (χ3v) is 3.62. The standard InChI is InChI=1S/C14H20F2N2O.ClH/c1-10-3-2-4-11(14(10)19)12(9-13(15)16)18-7-5-17-6-8-18;/h2-4,12-13,17,19H,5-9H2,1H3;1H/t12-;/m1./s1. The zero-order chi connectivity index (χ0) is 13.8. The molecule has 0 aromatic heterocycles. The van der Waals surface area contributed by atoms with Crippen LogP contribution in [0.15, 0.2) is 18.2 Å². The molecule has 2 rings (SSSR count). The van der Waals surface area contributed by atoms with Crippen LogP contribution < -0.4 is 5.32 Å². The average molecular weight is 307 g/mol. The van der Waals surface area contributed by atoms with Crippen molar-refractivity contribution in [3.8, 4) is 5.75 Å². The third kappa shape index (κ3) is 4.04. The van der Waals surface area contributed by atoms with Crippen molar-refractivity contribution in [1.29, 1.82) is 0 Å². The predicted molar refractivity (Wildman–Crippen MR) is 77.9 cm³/mol. The maximum atomic E-state index is 12.8. The van der Waals surface area contributed by atoms with Crippen molar-refractivity contribution < 1.29 is 13.9 Å². The number of piperazine rings is 1. The quantitative estimate of drug-likeness (QED) is 0.898. The lowest BCUT2D eigenvalue weighted by molar-refractivity contribution is 0.0729. The second-order valence-corrected chi connectivity index (χ2v) is 4.94. The van der Waals surface area contributed by atoms with Gasteiger partial charge in [0.25, 0.3) is 0 Å². The van der Waals surface area contributed by atoms with E-state index in [9.17, 15) is 13.9 Å². The zero-order valence-electron chi connectivity index (χ0n) is 11.5. The summed E-state index contributed by atoms with van der Waals surface area (Å²) in [5, 5.41) is 13.3. The molecule has 1 atom stereocenters. The van der Waals surface area contributed by atoms with Gasteiger partial charge in [-0.05, 0) is 12.5 Å². The Hall–Kier alpha value is -0.910. The molecule has 0 amide bonds. The Bertz CT molecular complexity index is 426. The van der Waals surface area contributed by atoms with E-state index in [4.69, 9.17) is 0 Å². The maximum Gasteiger partial charge on any atom is 0.240 e. The van der Waals surface area contributed by atoms with Gasteiger partial charge in [-0.15, -0.1) is 12.4 Å². The van der Waals surface area contributed by atoms with Gasteiger partial charge >= 0.3 is 0 Å². The smallest absolute Gasteiger partial charge is 0.240 e. The van der Waals surface area contributed by atoms with Crippen molar-refractivity contribution in [2.45, 2.75) is 25.8 Å². The summed E-state index contributed by atoms with van der Waals surface area (Å²) in [6, 6.07) is 4.93. The molecule has 0 spiro atoms. The Balaban J connectivity index is 0.00000200. The molecule has 114 valence electrons. The number of rotatable bonds is 4. The Morgan fingerprint density at radius 2 is 1.95 bits per heavy atom. The van der Waals surface area contributed by atoms with E-state index in [0.29, 0.717) is 5.56 Å². The van der Waals surface area contributed by atoms with E-state index in [0.717, 1.165) is 31.7 Å². The number of hydrogen-bond acceptors (Lipinski definition) is 3. The lowest BCUT2D eigenvalue weighted by Gasteiger charge is -2.35. The molecule has 1 aromatic rings. The topological polar surface area (TPSA) is 35.5 Å². The molecule has 1 saturated heterocycles. The maximum absolute atomic E-state index is 12.8. The first-order valence-corrected chi connectivity index (χ1v) is 6.61. The lowest BCUT2D eigenvalue weighted by atomic mass is 9.98. The number of nitrogens with zero attached hydrogens (tertiary/aromatic N) is 1. The van der Waals surface area contributed by atoms with Crippen LogP contribution in [0.3, 0.4) is 0 Å². The minimum absolute atomic E-state index is 0. The van der Waals surface area contributed by atoms with Crippen LogP contribution in [0.5, 0.6) is 5.75 Å². The van der Waals surface area contributed by atoms with Crippen LogP contribution in [-0.4, -0.2) is 42.6 Å². The van der Waals surface area contributed by atoms with Crippen molar-refractivity contribution in [3.63, 3.8) is 0 Å². The number of aryl methyl sites for hydroxylation is 1. The molecule has 3 nitrogen and oxygen atoms in total. The van der Waals surface area contributed by atoms with Crippen molar-refractivity contribution >= 4 is 12.4 Å². The van der Waals surface area contributed by atoms with Crippen LogP contribution in [0.25, 0.3) is 0 Å². The number of benzene rings is 1. The van der Waals surface area contributed by atoms with E-state index in [2.05, 4.69) is 5.32 Å². The molecule has 0 radical (unpaired) electrons. The molecular formula is C14H21ClF2N2O. The molecule has 1 aliphatic heterocycles. The summed E-state index contributed by atoms with van der Waals surface area (Å²) in [7, 11) is 0. The molecule has 0 saturated carbocycles. The molecule has 1 aliphatic rings. The van der Waals surface area contributed by atoms with Crippen LogP contribution in [0.4, 0.5) is 8.78 Å². The van der Waals surface area contributed by atoms with Crippen LogP contribution in [-0.2, 0) is 0 Å². The monoisotopic (exact) mass is 306 g/mol. The van der Waals surface area contributed by atoms with Crippen LogP contribution in [0.2, 0.25) is 0 Å². The van der Waals surface area contributed by atoms with Gasteiger partial charge in [0, 0.05) is 44.2 Å². The lowest BCUT2D eigenvalue weighted by Crippen LogP contribution is -2.45. The highest BCUT2D eigenvalue weighted by Gasteiger charge is 2.27. The summed E-state index contributed by atoms with van der Waals surface area (Å²) in [4.78, 5) is 2.02. The van der Waals surface area contributed by atoms with E-state index >= 15 is 0 Å². The summed E-state index contributed by atoms with van der Waals surface area (Å²) in [6.07, 6.45) is -2.61. The summed E-state index contributed by atoms with van der Waals surface area (Å²) in [6.45, 7) is 4.84. The van der Waals surface area contributed by atoms with Crippen molar-refractivity contribution in [2.75, 3.05) is 26.2 Å². The number of phenols is 1. The van der Waals surface area contributed by atoms with Gasteiger partial charge in [0.05, 0.1) is 0 Å². The van der Waals surface area contributed by atoms with E-state index < -0.39 is 12.5 Å². The molecule has 1 heterocycles. The molecule has 2 N–H and O–H groups in total. The Kier molecular flexibility index (Phi) is 6.65. The molecule has 0 unspecified atom stereocenters. The summed E-state index contributed by atoms with van der Waals surface area (Å²) >= 11 is 0. The zero-order valence-corrected chi connectivity index (χ0v) is 12.3. The van der Waals surface area contributed by atoms with E-state index in [1.807, 2.05) is 11.0 Å². The van der Waals surface area contributed by atoms with Crippen LogP contribution >= 0.6 is 12.4 Å². The highest BCUT2D eigenvalue weighted by molar-refractivity contribution is 5.85.